The van der Waals surface area contributed by atoms with Gasteiger partial charge in [-0.05, 0) is 25.5 Å². The molecule has 1 aromatic carbocycles. The molecule has 0 unspecified atom stereocenters. The SMILES string of the molecule is CN=C(NCCCNS(C)(=O)=O)NCCOc1ccc(C)cc1.I. The second kappa shape index (κ2) is 12.3. The van der Waals surface area contributed by atoms with Crippen molar-refractivity contribution in [3.63, 3.8) is 0 Å². The monoisotopic (exact) mass is 470 g/mol. The summed E-state index contributed by atoms with van der Waals surface area (Å²) in [5.74, 6) is 1.50. The van der Waals surface area contributed by atoms with Crippen molar-refractivity contribution in [2.45, 2.75) is 13.3 Å². The van der Waals surface area contributed by atoms with Crippen LogP contribution in [0.2, 0.25) is 0 Å². The zero-order valence-corrected chi connectivity index (χ0v) is 17.5. The number of rotatable bonds is 9. The lowest BCUT2D eigenvalue weighted by atomic mass is 10.2. The number of aliphatic imine (C=N–C) groups is 1. The molecule has 0 amide bonds. The number of benzene rings is 1. The molecule has 0 aliphatic carbocycles. The Kier molecular flexibility index (Phi) is 11.8. The molecule has 7 nitrogen and oxygen atoms in total. The number of hydrogen-bond acceptors (Lipinski definition) is 4. The normalized spacial score (nSPS) is 11.5. The summed E-state index contributed by atoms with van der Waals surface area (Å²) < 4.78 is 29.9. The molecular weight excluding hydrogens is 443 g/mol. The molecule has 0 saturated heterocycles. The van der Waals surface area contributed by atoms with Gasteiger partial charge in [-0.1, -0.05) is 17.7 Å². The third kappa shape index (κ3) is 11.5. The van der Waals surface area contributed by atoms with Crippen LogP contribution in [0.15, 0.2) is 29.3 Å². The van der Waals surface area contributed by atoms with E-state index in [1.807, 2.05) is 31.2 Å². The minimum absolute atomic E-state index is 0. The van der Waals surface area contributed by atoms with Crippen LogP contribution in [0.3, 0.4) is 0 Å². The van der Waals surface area contributed by atoms with Gasteiger partial charge in [0.25, 0.3) is 0 Å². The van der Waals surface area contributed by atoms with Gasteiger partial charge in [0.05, 0.1) is 12.8 Å². The van der Waals surface area contributed by atoms with Crippen LogP contribution in [0.1, 0.15) is 12.0 Å². The van der Waals surface area contributed by atoms with Crippen LogP contribution in [0.5, 0.6) is 5.75 Å². The predicted molar refractivity (Wildman–Crippen MR) is 109 cm³/mol. The van der Waals surface area contributed by atoms with Gasteiger partial charge >= 0.3 is 0 Å². The number of nitrogens with zero attached hydrogens (tertiary/aromatic N) is 1. The van der Waals surface area contributed by atoms with Gasteiger partial charge in [0.2, 0.25) is 10.0 Å². The van der Waals surface area contributed by atoms with Crippen molar-refractivity contribution in [3.05, 3.63) is 29.8 Å². The highest BCUT2D eigenvalue weighted by Gasteiger charge is 2.00. The molecule has 0 spiro atoms. The van der Waals surface area contributed by atoms with E-state index in [0.717, 1.165) is 12.0 Å². The molecule has 0 aliphatic rings. The van der Waals surface area contributed by atoms with Crippen LogP contribution < -0.4 is 20.1 Å². The Morgan fingerprint density at radius 1 is 1.12 bits per heavy atom. The van der Waals surface area contributed by atoms with E-state index in [9.17, 15) is 8.42 Å². The third-order valence-electron chi connectivity index (χ3n) is 2.92. The first-order chi connectivity index (χ1) is 10.9. The highest BCUT2D eigenvalue weighted by atomic mass is 127. The van der Waals surface area contributed by atoms with E-state index < -0.39 is 10.0 Å². The molecule has 0 fully saturated rings. The smallest absolute Gasteiger partial charge is 0.208 e. The van der Waals surface area contributed by atoms with Crippen LogP contribution >= 0.6 is 24.0 Å². The topological polar surface area (TPSA) is 91.8 Å². The summed E-state index contributed by atoms with van der Waals surface area (Å²) >= 11 is 0. The summed E-state index contributed by atoms with van der Waals surface area (Å²) in [4.78, 5) is 4.09. The number of nitrogens with one attached hydrogen (secondary N) is 3. The van der Waals surface area contributed by atoms with Gasteiger partial charge in [0, 0.05) is 20.1 Å². The number of ether oxygens (including phenoxy) is 1. The maximum atomic E-state index is 10.9. The van der Waals surface area contributed by atoms with Crippen molar-refractivity contribution in [3.8, 4) is 5.75 Å². The fourth-order valence-electron chi connectivity index (χ4n) is 1.75. The van der Waals surface area contributed by atoms with Gasteiger partial charge in [-0.2, -0.15) is 0 Å². The maximum absolute atomic E-state index is 10.9. The summed E-state index contributed by atoms with van der Waals surface area (Å²) in [7, 11) is -1.43. The minimum Gasteiger partial charge on any atom is -0.492 e. The van der Waals surface area contributed by atoms with Gasteiger partial charge in [-0.15, -0.1) is 24.0 Å². The summed E-state index contributed by atoms with van der Waals surface area (Å²) in [6.45, 7) is 4.21. The van der Waals surface area contributed by atoms with Crippen molar-refractivity contribution in [1.29, 1.82) is 0 Å². The first-order valence-corrected chi connectivity index (χ1v) is 9.38. The van der Waals surface area contributed by atoms with Crippen LogP contribution in [0, 0.1) is 6.92 Å². The molecule has 0 heterocycles. The van der Waals surface area contributed by atoms with Crippen LogP contribution in [0.25, 0.3) is 0 Å². The molecule has 0 bridgehead atoms. The molecule has 9 heteroatoms. The molecule has 0 aromatic heterocycles. The highest BCUT2D eigenvalue weighted by Crippen LogP contribution is 2.10. The van der Waals surface area contributed by atoms with E-state index >= 15 is 0 Å². The Balaban J connectivity index is 0.00000529. The first-order valence-electron chi connectivity index (χ1n) is 7.49. The number of sulfonamides is 1. The highest BCUT2D eigenvalue weighted by molar-refractivity contribution is 14.0. The van der Waals surface area contributed by atoms with E-state index in [0.29, 0.717) is 38.6 Å². The van der Waals surface area contributed by atoms with E-state index in [4.69, 9.17) is 4.74 Å². The Bertz CT molecular complexity index is 591. The largest absolute Gasteiger partial charge is 0.492 e. The van der Waals surface area contributed by atoms with Crippen LogP contribution in [-0.4, -0.2) is 53.9 Å². The van der Waals surface area contributed by atoms with Crippen molar-refractivity contribution in [1.82, 2.24) is 15.4 Å². The lowest BCUT2D eigenvalue weighted by molar-refractivity contribution is 0.322. The van der Waals surface area contributed by atoms with E-state index in [1.165, 1.54) is 5.56 Å². The van der Waals surface area contributed by atoms with Crippen molar-refractivity contribution >= 4 is 40.0 Å². The average molecular weight is 470 g/mol. The van der Waals surface area contributed by atoms with E-state index in [1.54, 1.807) is 7.05 Å². The third-order valence-corrected chi connectivity index (χ3v) is 3.65. The van der Waals surface area contributed by atoms with Gasteiger partial charge < -0.3 is 15.4 Å². The van der Waals surface area contributed by atoms with E-state index in [-0.39, 0.29) is 24.0 Å². The summed E-state index contributed by atoms with van der Waals surface area (Å²) in [5, 5.41) is 6.24. The zero-order chi connectivity index (χ0) is 17.1. The van der Waals surface area contributed by atoms with Crippen molar-refractivity contribution in [2.75, 3.05) is 39.5 Å². The first kappa shape index (κ1) is 22.9. The molecular formula is C15H27IN4O3S. The number of guanidine groups is 1. The lowest BCUT2D eigenvalue weighted by Gasteiger charge is -2.12. The Hall–Kier alpha value is -1.07. The second-order valence-electron chi connectivity index (χ2n) is 5.11. The molecule has 0 radical (unpaired) electrons. The zero-order valence-electron chi connectivity index (χ0n) is 14.3. The predicted octanol–water partition coefficient (Wildman–Crippen LogP) is 1.10. The minimum atomic E-state index is -3.12. The molecule has 0 aliphatic heterocycles. The lowest BCUT2D eigenvalue weighted by Crippen LogP contribution is -2.40. The van der Waals surface area contributed by atoms with Gasteiger partial charge in [-0.3, -0.25) is 4.99 Å². The molecule has 1 aromatic rings. The molecule has 138 valence electrons. The fraction of sp³-hybridized carbons (Fsp3) is 0.533. The number of halogens is 1. The van der Waals surface area contributed by atoms with Gasteiger partial charge in [-0.25, -0.2) is 13.1 Å². The molecule has 24 heavy (non-hydrogen) atoms. The van der Waals surface area contributed by atoms with Gasteiger partial charge in [0.1, 0.15) is 12.4 Å². The molecule has 1 rings (SSSR count). The van der Waals surface area contributed by atoms with Crippen LogP contribution in [-0.2, 0) is 10.0 Å². The number of aryl methyl sites for hydroxylation is 1. The fourth-order valence-corrected chi connectivity index (χ4v) is 2.26. The summed E-state index contributed by atoms with van der Waals surface area (Å²) in [6, 6.07) is 7.90. The summed E-state index contributed by atoms with van der Waals surface area (Å²) in [6.07, 6.45) is 1.82. The molecule has 0 saturated carbocycles. The van der Waals surface area contributed by atoms with Crippen molar-refractivity contribution in [2.24, 2.45) is 4.99 Å². The second-order valence-corrected chi connectivity index (χ2v) is 6.94. The standard InChI is InChI=1S/C15H26N4O3S.HI/c1-13-5-7-14(8-6-13)22-12-11-18-15(16-2)17-9-4-10-19-23(3,20)21;/h5-8,19H,4,9-12H2,1-3H3,(H2,16,17,18);1H. The Morgan fingerprint density at radius 2 is 1.75 bits per heavy atom. The Labute approximate surface area is 161 Å². The van der Waals surface area contributed by atoms with Crippen LogP contribution in [0.4, 0.5) is 0 Å². The molecule has 0 atom stereocenters. The number of hydrogen-bond donors (Lipinski definition) is 3. The van der Waals surface area contributed by atoms with Gasteiger partial charge in [0.15, 0.2) is 5.96 Å². The quantitative estimate of drug-likeness (QED) is 0.218. The van der Waals surface area contributed by atoms with E-state index in [2.05, 4.69) is 20.3 Å². The Morgan fingerprint density at radius 3 is 2.33 bits per heavy atom. The summed E-state index contributed by atoms with van der Waals surface area (Å²) in [5.41, 5.74) is 1.20. The van der Waals surface area contributed by atoms with Crippen molar-refractivity contribution < 1.29 is 13.2 Å². The average Bonchev–Trinajstić information content (AvgIpc) is 2.49. The molecule has 3 N–H and O–H groups in total. The maximum Gasteiger partial charge on any atom is 0.208 e.